The van der Waals surface area contributed by atoms with Crippen molar-refractivity contribution in [3.05, 3.63) is 35.4 Å². The summed E-state index contributed by atoms with van der Waals surface area (Å²) < 4.78 is 26.0. The zero-order valence-corrected chi connectivity index (χ0v) is 12.3. The van der Waals surface area contributed by atoms with E-state index in [1.54, 1.807) is 0 Å². The van der Waals surface area contributed by atoms with E-state index in [9.17, 15) is 13.6 Å². The fraction of sp³-hybridized carbons (Fsp3) is 0.588. The van der Waals surface area contributed by atoms with E-state index in [2.05, 4.69) is 6.92 Å². The van der Waals surface area contributed by atoms with Gasteiger partial charge in [0.15, 0.2) is 0 Å². The van der Waals surface area contributed by atoms with E-state index in [1.807, 2.05) is 0 Å². The first-order chi connectivity index (χ1) is 9.61. The van der Waals surface area contributed by atoms with Crippen molar-refractivity contribution in [3.63, 3.8) is 0 Å². The van der Waals surface area contributed by atoms with Crippen molar-refractivity contribution in [1.82, 2.24) is 0 Å². The van der Waals surface area contributed by atoms with E-state index in [1.165, 1.54) is 44.2 Å². The highest BCUT2D eigenvalue weighted by Crippen LogP contribution is 2.12. The Morgan fingerprint density at radius 1 is 0.900 bits per heavy atom. The van der Waals surface area contributed by atoms with Crippen LogP contribution in [0.25, 0.3) is 0 Å². The van der Waals surface area contributed by atoms with Gasteiger partial charge in [-0.25, -0.2) is 8.78 Å². The number of hydrogen-bond donors (Lipinski definition) is 0. The molecule has 1 rings (SSSR count). The third-order valence-electron chi connectivity index (χ3n) is 3.38. The molecule has 1 aromatic rings. The van der Waals surface area contributed by atoms with E-state index in [0.29, 0.717) is 12.0 Å². The minimum atomic E-state index is -0.622. The lowest BCUT2D eigenvalue weighted by Crippen LogP contribution is -2.03. The van der Waals surface area contributed by atoms with Crippen LogP contribution in [0.15, 0.2) is 18.2 Å². The molecule has 112 valence electrons. The molecule has 20 heavy (non-hydrogen) atoms. The van der Waals surface area contributed by atoms with Crippen LogP contribution in [0, 0.1) is 11.6 Å². The SMILES string of the molecule is CCCCCCCCCC(=O)Cc1cc(F)cc(F)c1. The fourth-order valence-corrected chi connectivity index (χ4v) is 2.31. The summed E-state index contributed by atoms with van der Waals surface area (Å²) in [5.74, 6) is -1.18. The highest BCUT2D eigenvalue weighted by molar-refractivity contribution is 5.80. The number of halogens is 2. The zero-order valence-electron chi connectivity index (χ0n) is 12.3. The van der Waals surface area contributed by atoms with Crippen molar-refractivity contribution < 1.29 is 13.6 Å². The predicted octanol–water partition coefficient (Wildman–Crippen LogP) is 5.22. The normalized spacial score (nSPS) is 10.8. The first kappa shape index (κ1) is 16.8. The quantitative estimate of drug-likeness (QED) is 0.538. The second-order valence-electron chi connectivity index (χ2n) is 5.36. The van der Waals surface area contributed by atoms with E-state index in [0.717, 1.165) is 18.9 Å². The molecule has 0 heterocycles. The van der Waals surface area contributed by atoms with Crippen molar-refractivity contribution in [3.8, 4) is 0 Å². The highest BCUT2D eigenvalue weighted by atomic mass is 19.1. The maximum absolute atomic E-state index is 13.0. The molecule has 0 aliphatic rings. The molecule has 0 amide bonds. The van der Waals surface area contributed by atoms with Crippen LogP contribution in [0.3, 0.4) is 0 Å². The van der Waals surface area contributed by atoms with Gasteiger partial charge >= 0.3 is 0 Å². The lowest BCUT2D eigenvalue weighted by molar-refractivity contribution is -0.118. The topological polar surface area (TPSA) is 17.1 Å². The molecule has 0 aliphatic carbocycles. The monoisotopic (exact) mass is 282 g/mol. The van der Waals surface area contributed by atoms with Crippen LogP contribution in [0.1, 0.15) is 63.9 Å². The van der Waals surface area contributed by atoms with Gasteiger partial charge in [0.1, 0.15) is 17.4 Å². The van der Waals surface area contributed by atoms with E-state index >= 15 is 0 Å². The first-order valence-electron chi connectivity index (χ1n) is 7.58. The standard InChI is InChI=1S/C17H24F2O/c1-2-3-4-5-6-7-8-9-17(20)12-14-10-15(18)13-16(19)11-14/h10-11,13H,2-9,12H2,1H3. The third-order valence-corrected chi connectivity index (χ3v) is 3.38. The number of benzene rings is 1. The lowest BCUT2D eigenvalue weighted by atomic mass is 10.0. The van der Waals surface area contributed by atoms with Gasteiger partial charge in [0, 0.05) is 18.9 Å². The summed E-state index contributed by atoms with van der Waals surface area (Å²) in [6.45, 7) is 2.19. The van der Waals surface area contributed by atoms with E-state index in [-0.39, 0.29) is 12.2 Å². The molecule has 0 spiro atoms. The molecule has 0 radical (unpaired) electrons. The van der Waals surface area contributed by atoms with Crippen molar-refractivity contribution >= 4 is 5.78 Å². The Labute approximate surface area is 120 Å². The summed E-state index contributed by atoms with van der Waals surface area (Å²) in [5.41, 5.74) is 0.426. The number of Topliss-reactive ketones (excluding diaryl/α,β-unsaturated/α-hetero) is 1. The molecular weight excluding hydrogens is 258 g/mol. The predicted molar refractivity (Wildman–Crippen MR) is 77.7 cm³/mol. The Hall–Kier alpha value is -1.25. The minimum Gasteiger partial charge on any atom is -0.299 e. The van der Waals surface area contributed by atoms with Crippen LogP contribution >= 0.6 is 0 Å². The molecule has 1 aromatic carbocycles. The molecule has 0 atom stereocenters. The highest BCUT2D eigenvalue weighted by Gasteiger charge is 2.06. The van der Waals surface area contributed by atoms with Gasteiger partial charge in [-0.3, -0.25) is 4.79 Å². The number of rotatable bonds is 10. The van der Waals surface area contributed by atoms with Gasteiger partial charge in [-0.05, 0) is 24.1 Å². The molecule has 3 heteroatoms. The smallest absolute Gasteiger partial charge is 0.137 e. The Morgan fingerprint density at radius 3 is 2.05 bits per heavy atom. The average molecular weight is 282 g/mol. The van der Waals surface area contributed by atoms with Gasteiger partial charge in [-0.2, -0.15) is 0 Å². The van der Waals surface area contributed by atoms with Gasteiger partial charge < -0.3 is 0 Å². The van der Waals surface area contributed by atoms with Crippen molar-refractivity contribution in [2.75, 3.05) is 0 Å². The Bertz CT molecular complexity index is 395. The minimum absolute atomic E-state index is 0.0589. The van der Waals surface area contributed by atoms with Crippen LogP contribution in [-0.2, 0) is 11.2 Å². The molecular formula is C17H24F2O. The molecule has 0 saturated heterocycles. The first-order valence-corrected chi connectivity index (χ1v) is 7.58. The number of ketones is 1. The maximum Gasteiger partial charge on any atom is 0.137 e. The largest absolute Gasteiger partial charge is 0.299 e. The second kappa shape index (κ2) is 9.62. The summed E-state index contributed by atoms with van der Waals surface area (Å²) in [4.78, 5) is 11.7. The summed E-state index contributed by atoms with van der Waals surface area (Å²) in [6, 6.07) is 3.28. The van der Waals surface area contributed by atoms with E-state index < -0.39 is 11.6 Å². The molecule has 0 bridgehead atoms. The van der Waals surface area contributed by atoms with Crippen LogP contribution in [0.5, 0.6) is 0 Å². The van der Waals surface area contributed by atoms with Gasteiger partial charge in [0.2, 0.25) is 0 Å². The molecule has 0 saturated carbocycles. The summed E-state index contributed by atoms with van der Waals surface area (Å²) in [7, 11) is 0. The molecule has 0 N–H and O–H groups in total. The van der Waals surface area contributed by atoms with E-state index in [4.69, 9.17) is 0 Å². The summed E-state index contributed by atoms with van der Waals surface area (Å²) >= 11 is 0. The third kappa shape index (κ3) is 7.37. The number of hydrogen-bond acceptors (Lipinski definition) is 1. The zero-order chi connectivity index (χ0) is 14.8. The molecule has 0 unspecified atom stereocenters. The molecule has 0 fully saturated rings. The van der Waals surface area contributed by atoms with Gasteiger partial charge in [-0.15, -0.1) is 0 Å². The summed E-state index contributed by atoms with van der Waals surface area (Å²) in [6.07, 6.45) is 8.77. The molecule has 1 nitrogen and oxygen atoms in total. The lowest BCUT2D eigenvalue weighted by Gasteiger charge is -2.03. The molecule has 0 aromatic heterocycles. The Kier molecular flexibility index (Phi) is 8.08. The Morgan fingerprint density at radius 2 is 1.45 bits per heavy atom. The number of carbonyl (C=O) groups is 1. The van der Waals surface area contributed by atoms with Crippen LogP contribution in [0.4, 0.5) is 8.78 Å². The fourth-order valence-electron chi connectivity index (χ4n) is 2.31. The average Bonchev–Trinajstić information content (AvgIpc) is 2.36. The molecule has 0 aliphatic heterocycles. The maximum atomic E-state index is 13.0. The van der Waals surface area contributed by atoms with Crippen molar-refractivity contribution in [1.29, 1.82) is 0 Å². The van der Waals surface area contributed by atoms with Gasteiger partial charge in [0.05, 0.1) is 0 Å². The Balaban J connectivity index is 2.17. The second-order valence-corrected chi connectivity index (χ2v) is 5.36. The van der Waals surface area contributed by atoms with Crippen LogP contribution in [-0.4, -0.2) is 5.78 Å². The summed E-state index contributed by atoms with van der Waals surface area (Å²) in [5, 5.41) is 0. The number of carbonyl (C=O) groups excluding carboxylic acids is 1. The van der Waals surface area contributed by atoms with Gasteiger partial charge in [-0.1, -0.05) is 45.4 Å². The van der Waals surface area contributed by atoms with Gasteiger partial charge in [0.25, 0.3) is 0 Å². The van der Waals surface area contributed by atoms with Crippen molar-refractivity contribution in [2.45, 2.75) is 64.7 Å². The van der Waals surface area contributed by atoms with Crippen molar-refractivity contribution in [2.24, 2.45) is 0 Å². The van der Waals surface area contributed by atoms with Crippen LogP contribution in [0.2, 0.25) is 0 Å². The van der Waals surface area contributed by atoms with Crippen LogP contribution < -0.4 is 0 Å². The number of unbranched alkanes of at least 4 members (excludes halogenated alkanes) is 6.